The van der Waals surface area contributed by atoms with E-state index < -0.39 is 0 Å². The molecule has 1 aromatic carbocycles. The normalized spacial score (nSPS) is 22.2. The molecule has 0 aliphatic carbocycles. The highest BCUT2D eigenvalue weighted by atomic mass is 16.5. The lowest BCUT2D eigenvalue weighted by Gasteiger charge is -2.33. The zero-order valence-electron chi connectivity index (χ0n) is 14.2. The Morgan fingerprint density at radius 3 is 2.71 bits per heavy atom. The maximum absolute atomic E-state index is 12.4. The molecule has 0 aromatic heterocycles. The number of nitrogens with one attached hydrogen (secondary N) is 1. The number of para-hydroxylation sites is 2. The number of piperidine rings is 1. The summed E-state index contributed by atoms with van der Waals surface area (Å²) in [5.74, 6) is 1.72. The van der Waals surface area contributed by atoms with E-state index in [0.717, 1.165) is 50.6 Å². The molecule has 6 nitrogen and oxygen atoms in total. The van der Waals surface area contributed by atoms with Gasteiger partial charge in [0, 0.05) is 44.9 Å². The average Bonchev–Trinajstić information content (AvgIpc) is 2.63. The van der Waals surface area contributed by atoms with Crippen molar-refractivity contribution in [3.05, 3.63) is 24.3 Å². The highest BCUT2D eigenvalue weighted by molar-refractivity contribution is 5.77. The van der Waals surface area contributed by atoms with Gasteiger partial charge in [-0.15, -0.1) is 0 Å². The second-order valence-electron chi connectivity index (χ2n) is 6.28. The smallest absolute Gasteiger partial charge is 0.224 e. The summed E-state index contributed by atoms with van der Waals surface area (Å²) in [5.41, 5.74) is 0. The zero-order valence-corrected chi connectivity index (χ0v) is 14.2. The highest BCUT2D eigenvalue weighted by Crippen LogP contribution is 2.29. The van der Waals surface area contributed by atoms with Crippen molar-refractivity contribution < 1.29 is 19.0 Å². The first-order valence-electron chi connectivity index (χ1n) is 8.65. The van der Waals surface area contributed by atoms with E-state index in [1.807, 2.05) is 29.2 Å². The fourth-order valence-electron chi connectivity index (χ4n) is 3.21. The molecule has 6 heteroatoms. The van der Waals surface area contributed by atoms with Gasteiger partial charge in [-0.05, 0) is 12.1 Å². The van der Waals surface area contributed by atoms with E-state index in [-0.39, 0.29) is 18.1 Å². The molecule has 3 rings (SSSR count). The SMILES string of the molecule is COc1ccccc1OC1CCN(C(=O)C[C@@H]2COCCN2)CC1. The summed E-state index contributed by atoms with van der Waals surface area (Å²) in [5, 5.41) is 3.33. The molecule has 0 radical (unpaired) electrons. The molecule has 1 amide bonds. The topological polar surface area (TPSA) is 60.0 Å². The third-order valence-electron chi connectivity index (χ3n) is 4.58. The van der Waals surface area contributed by atoms with Gasteiger partial charge in [0.15, 0.2) is 11.5 Å². The highest BCUT2D eigenvalue weighted by Gasteiger charge is 2.26. The van der Waals surface area contributed by atoms with Gasteiger partial charge in [-0.3, -0.25) is 4.79 Å². The molecule has 1 aromatic rings. The largest absolute Gasteiger partial charge is 0.493 e. The molecule has 2 saturated heterocycles. The number of nitrogens with zero attached hydrogens (tertiary/aromatic N) is 1. The Kier molecular flexibility index (Phi) is 5.93. The number of amides is 1. The van der Waals surface area contributed by atoms with Crippen LogP contribution in [-0.2, 0) is 9.53 Å². The predicted molar refractivity (Wildman–Crippen MR) is 90.5 cm³/mol. The molecular weight excluding hydrogens is 308 g/mol. The van der Waals surface area contributed by atoms with E-state index in [1.54, 1.807) is 7.11 Å². The van der Waals surface area contributed by atoms with Crippen LogP contribution < -0.4 is 14.8 Å². The van der Waals surface area contributed by atoms with Gasteiger partial charge in [0.05, 0.1) is 20.3 Å². The van der Waals surface area contributed by atoms with E-state index in [1.165, 1.54) is 0 Å². The summed E-state index contributed by atoms with van der Waals surface area (Å²) in [6.45, 7) is 3.67. The lowest BCUT2D eigenvalue weighted by Crippen LogP contribution is -2.47. The summed E-state index contributed by atoms with van der Waals surface area (Å²) < 4.78 is 16.8. The Morgan fingerprint density at radius 2 is 2.04 bits per heavy atom. The quantitative estimate of drug-likeness (QED) is 0.883. The minimum absolute atomic E-state index is 0.126. The van der Waals surface area contributed by atoms with Crippen molar-refractivity contribution in [1.29, 1.82) is 0 Å². The lowest BCUT2D eigenvalue weighted by molar-refractivity contribution is -0.134. The number of hydrogen-bond acceptors (Lipinski definition) is 5. The maximum Gasteiger partial charge on any atom is 0.224 e. The Morgan fingerprint density at radius 1 is 1.29 bits per heavy atom. The van der Waals surface area contributed by atoms with Gasteiger partial charge >= 0.3 is 0 Å². The van der Waals surface area contributed by atoms with Crippen LogP contribution in [-0.4, -0.2) is 62.9 Å². The van der Waals surface area contributed by atoms with Crippen LogP contribution in [0.2, 0.25) is 0 Å². The molecule has 0 saturated carbocycles. The van der Waals surface area contributed by atoms with Gasteiger partial charge in [0.2, 0.25) is 5.91 Å². The Labute approximate surface area is 143 Å². The van der Waals surface area contributed by atoms with E-state index in [0.29, 0.717) is 13.0 Å². The van der Waals surface area contributed by atoms with Gasteiger partial charge in [0.1, 0.15) is 6.10 Å². The standard InChI is InChI=1S/C18H26N2O4/c1-22-16-4-2-3-5-17(16)24-15-6-9-20(10-7-15)18(21)12-14-13-23-11-8-19-14/h2-5,14-15,19H,6-13H2,1H3/t14-/m1/s1. The molecule has 0 unspecified atom stereocenters. The van der Waals surface area contributed by atoms with Gasteiger partial charge < -0.3 is 24.4 Å². The number of carbonyl (C=O) groups is 1. The van der Waals surface area contributed by atoms with Crippen LogP contribution in [0.15, 0.2) is 24.3 Å². The molecule has 132 valence electrons. The number of rotatable bonds is 5. The average molecular weight is 334 g/mol. The third-order valence-corrected chi connectivity index (χ3v) is 4.58. The van der Waals surface area contributed by atoms with Crippen LogP contribution in [0.5, 0.6) is 11.5 Å². The molecule has 2 aliphatic heterocycles. The van der Waals surface area contributed by atoms with Gasteiger partial charge in [-0.2, -0.15) is 0 Å². The first-order valence-corrected chi connectivity index (χ1v) is 8.65. The van der Waals surface area contributed by atoms with Crippen LogP contribution in [0.4, 0.5) is 0 Å². The van der Waals surface area contributed by atoms with E-state index >= 15 is 0 Å². The van der Waals surface area contributed by atoms with Crippen LogP contribution >= 0.6 is 0 Å². The van der Waals surface area contributed by atoms with Crippen molar-refractivity contribution in [2.75, 3.05) is 40.0 Å². The van der Waals surface area contributed by atoms with Crippen molar-refractivity contribution in [2.45, 2.75) is 31.4 Å². The molecule has 2 heterocycles. The molecule has 24 heavy (non-hydrogen) atoms. The molecule has 0 bridgehead atoms. The fourth-order valence-corrected chi connectivity index (χ4v) is 3.21. The van der Waals surface area contributed by atoms with E-state index in [4.69, 9.17) is 14.2 Å². The van der Waals surface area contributed by atoms with Crippen molar-refractivity contribution >= 4 is 5.91 Å². The fraction of sp³-hybridized carbons (Fsp3) is 0.611. The summed E-state index contributed by atoms with van der Waals surface area (Å²) in [6.07, 6.45) is 2.33. The van der Waals surface area contributed by atoms with Crippen molar-refractivity contribution in [1.82, 2.24) is 10.2 Å². The van der Waals surface area contributed by atoms with Crippen molar-refractivity contribution in [3.8, 4) is 11.5 Å². The number of methoxy groups -OCH3 is 1. The summed E-state index contributed by atoms with van der Waals surface area (Å²) in [4.78, 5) is 14.3. The first kappa shape index (κ1) is 17.0. The van der Waals surface area contributed by atoms with Crippen LogP contribution in [0.25, 0.3) is 0 Å². The van der Waals surface area contributed by atoms with Gasteiger partial charge in [-0.1, -0.05) is 12.1 Å². The molecule has 2 aliphatic rings. The number of likely N-dealkylation sites (tertiary alicyclic amines) is 1. The Hall–Kier alpha value is -1.79. The van der Waals surface area contributed by atoms with E-state index in [2.05, 4.69) is 5.32 Å². The minimum atomic E-state index is 0.126. The monoisotopic (exact) mass is 334 g/mol. The summed E-state index contributed by atoms with van der Waals surface area (Å²) in [6, 6.07) is 7.83. The molecule has 2 fully saturated rings. The Balaban J connectivity index is 1.46. The lowest BCUT2D eigenvalue weighted by atomic mass is 10.1. The minimum Gasteiger partial charge on any atom is -0.493 e. The molecule has 1 atom stereocenters. The number of benzene rings is 1. The number of hydrogen-bond donors (Lipinski definition) is 1. The van der Waals surface area contributed by atoms with Gasteiger partial charge in [-0.25, -0.2) is 0 Å². The zero-order chi connectivity index (χ0) is 16.8. The van der Waals surface area contributed by atoms with Crippen molar-refractivity contribution in [2.24, 2.45) is 0 Å². The maximum atomic E-state index is 12.4. The molecule has 1 N–H and O–H groups in total. The predicted octanol–water partition coefficient (Wildman–Crippen LogP) is 1.44. The van der Waals surface area contributed by atoms with Crippen LogP contribution in [0.1, 0.15) is 19.3 Å². The van der Waals surface area contributed by atoms with Crippen LogP contribution in [0, 0.1) is 0 Å². The first-order chi connectivity index (χ1) is 11.8. The second-order valence-corrected chi connectivity index (χ2v) is 6.28. The van der Waals surface area contributed by atoms with Crippen LogP contribution in [0.3, 0.4) is 0 Å². The summed E-state index contributed by atoms with van der Waals surface area (Å²) >= 11 is 0. The third kappa shape index (κ3) is 4.39. The second kappa shape index (κ2) is 8.35. The molecular formula is C18H26N2O4. The number of ether oxygens (including phenoxy) is 3. The summed E-state index contributed by atoms with van der Waals surface area (Å²) in [7, 11) is 1.65. The van der Waals surface area contributed by atoms with Gasteiger partial charge in [0.25, 0.3) is 0 Å². The van der Waals surface area contributed by atoms with E-state index in [9.17, 15) is 4.79 Å². The molecule has 0 spiro atoms. The number of morpholine rings is 1. The van der Waals surface area contributed by atoms with Crippen molar-refractivity contribution in [3.63, 3.8) is 0 Å². The Bertz CT molecular complexity index is 538. The number of carbonyl (C=O) groups excluding carboxylic acids is 1.